The van der Waals surface area contributed by atoms with E-state index < -0.39 is 5.97 Å². The van der Waals surface area contributed by atoms with Crippen LogP contribution in [0.1, 0.15) is 5.56 Å². The minimum atomic E-state index is -0.454. The molecule has 0 aliphatic carbocycles. The molecule has 0 aromatic heterocycles. The average Bonchev–Trinajstić information content (AvgIpc) is 2.27. The quantitative estimate of drug-likeness (QED) is 0.660. The second-order valence-corrected chi connectivity index (χ2v) is 3.13. The molecule has 0 amide bonds. The van der Waals surface area contributed by atoms with Crippen LogP contribution in [0.2, 0.25) is 0 Å². The van der Waals surface area contributed by atoms with Crippen LogP contribution in [-0.2, 0) is 9.53 Å². The van der Waals surface area contributed by atoms with E-state index in [9.17, 15) is 9.18 Å². The number of carbonyl (C=O) groups excluding carboxylic acids is 1. The van der Waals surface area contributed by atoms with Gasteiger partial charge in [0, 0.05) is 5.56 Å². The second-order valence-electron chi connectivity index (χ2n) is 3.13. The van der Waals surface area contributed by atoms with Crippen molar-refractivity contribution in [3.05, 3.63) is 35.2 Å². The Balaban J connectivity index is 2.39. The largest absolute Gasteiger partial charge is 0.488 e. The van der Waals surface area contributed by atoms with Crippen LogP contribution < -0.4 is 4.74 Å². The summed E-state index contributed by atoms with van der Waals surface area (Å²) >= 11 is 0. The number of ether oxygens (including phenoxy) is 2. The van der Waals surface area contributed by atoms with Gasteiger partial charge in [0.1, 0.15) is 18.2 Å². The highest BCUT2D eigenvalue weighted by Crippen LogP contribution is 2.27. The lowest BCUT2D eigenvalue weighted by Gasteiger charge is -2.16. The highest BCUT2D eigenvalue weighted by molar-refractivity contribution is 5.95. The Hall–Kier alpha value is -1.84. The molecule has 3 nitrogen and oxygen atoms in total. The third kappa shape index (κ3) is 1.83. The van der Waals surface area contributed by atoms with Crippen LogP contribution in [0, 0.1) is 5.82 Å². The molecule has 0 spiro atoms. The van der Waals surface area contributed by atoms with Crippen molar-refractivity contribution in [3.63, 3.8) is 0 Å². The van der Waals surface area contributed by atoms with Gasteiger partial charge >= 0.3 is 5.97 Å². The van der Waals surface area contributed by atoms with E-state index in [-0.39, 0.29) is 12.4 Å². The third-order valence-corrected chi connectivity index (χ3v) is 2.13. The summed E-state index contributed by atoms with van der Waals surface area (Å²) in [5.41, 5.74) is 0.942. The van der Waals surface area contributed by atoms with Crippen LogP contribution in [0.4, 0.5) is 4.39 Å². The fourth-order valence-electron chi connectivity index (χ4n) is 1.40. The number of esters is 1. The van der Waals surface area contributed by atoms with Crippen molar-refractivity contribution in [2.75, 3.05) is 13.7 Å². The predicted octanol–water partition coefficient (Wildman–Crippen LogP) is 1.77. The van der Waals surface area contributed by atoms with Crippen molar-refractivity contribution in [1.82, 2.24) is 0 Å². The third-order valence-electron chi connectivity index (χ3n) is 2.13. The summed E-state index contributed by atoms with van der Waals surface area (Å²) in [6, 6.07) is 4.17. The van der Waals surface area contributed by atoms with Gasteiger partial charge < -0.3 is 9.47 Å². The van der Waals surface area contributed by atoms with Crippen LogP contribution in [0.3, 0.4) is 0 Å². The van der Waals surface area contributed by atoms with Crippen LogP contribution in [0.5, 0.6) is 5.75 Å². The first-order valence-corrected chi connectivity index (χ1v) is 4.42. The van der Waals surface area contributed by atoms with E-state index in [0.29, 0.717) is 16.9 Å². The zero-order valence-electron chi connectivity index (χ0n) is 8.12. The van der Waals surface area contributed by atoms with Gasteiger partial charge in [-0.25, -0.2) is 9.18 Å². The SMILES string of the molecule is COC(=O)C1=Cc2cc(F)ccc2OC1. The molecule has 0 radical (unpaired) electrons. The molecule has 1 aliphatic heterocycles. The van der Waals surface area contributed by atoms with E-state index >= 15 is 0 Å². The summed E-state index contributed by atoms with van der Waals surface area (Å²) in [7, 11) is 1.30. The molecule has 0 bridgehead atoms. The van der Waals surface area contributed by atoms with Gasteiger partial charge in [0.2, 0.25) is 0 Å². The van der Waals surface area contributed by atoms with E-state index in [0.717, 1.165) is 0 Å². The molecule has 1 heterocycles. The normalized spacial score (nSPS) is 13.6. The zero-order chi connectivity index (χ0) is 10.8. The molecule has 1 aromatic rings. The van der Waals surface area contributed by atoms with Gasteiger partial charge in [-0.1, -0.05) is 0 Å². The lowest BCUT2D eigenvalue weighted by atomic mass is 10.1. The maximum atomic E-state index is 12.9. The Labute approximate surface area is 86.1 Å². The monoisotopic (exact) mass is 208 g/mol. The van der Waals surface area contributed by atoms with Gasteiger partial charge in [0.25, 0.3) is 0 Å². The van der Waals surface area contributed by atoms with Gasteiger partial charge in [-0.05, 0) is 24.3 Å². The molecule has 0 saturated heterocycles. The second kappa shape index (κ2) is 3.73. The highest BCUT2D eigenvalue weighted by Gasteiger charge is 2.17. The standard InChI is InChI=1S/C11H9FO3/c1-14-11(13)8-4-7-5-9(12)2-3-10(7)15-6-8/h2-5H,6H2,1H3. The first-order valence-electron chi connectivity index (χ1n) is 4.42. The maximum Gasteiger partial charge on any atom is 0.337 e. The molecule has 1 aromatic carbocycles. The molecule has 0 fully saturated rings. The Morgan fingerprint density at radius 3 is 3.07 bits per heavy atom. The summed E-state index contributed by atoms with van der Waals surface area (Å²) in [5, 5.41) is 0. The minimum absolute atomic E-state index is 0.158. The fourth-order valence-corrected chi connectivity index (χ4v) is 1.40. The average molecular weight is 208 g/mol. The number of methoxy groups -OCH3 is 1. The number of halogens is 1. The van der Waals surface area contributed by atoms with Crippen molar-refractivity contribution < 1.29 is 18.7 Å². The lowest BCUT2D eigenvalue weighted by Crippen LogP contribution is -2.15. The van der Waals surface area contributed by atoms with Gasteiger partial charge in [-0.3, -0.25) is 0 Å². The Kier molecular flexibility index (Phi) is 2.41. The van der Waals surface area contributed by atoms with Gasteiger partial charge in [-0.15, -0.1) is 0 Å². The summed E-state index contributed by atoms with van der Waals surface area (Å²) in [6.07, 6.45) is 1.58. The molecule has 0 N–H and O–H groups in total. The predicted molar refractivity (Wildman–Crippen MR) is 51.9 cm³/mol. The van der Waals surface area contributed by atoms with Gasteiger partial charge in [0.15, 0.2) is 0 Å². The molecule has 0 unspecified atom stereocenters. The molecule has 0 saturated carbocycles. The Bertz CT molecular complexity index is 437. The van der Waals surface area contributed by atoms with Crippen molar-refractivity contribution in [3.8, 4) is 5.75 Å². The van der Waals surface area contributed by atoms with Crippen LogP contribution in [-0.4, -0.2) is 19.7 Å². The summed E-state index contributed by atoms with van der Waals surface area (Å²) in [4.78, 5) is 11.2. The van der Waals surface area contributed by atoms with Crippen molar-refractivity contribution in [2.24, 2.45) is 0 Å². The van der Waals surface area contributed by atoms with E-state index in [4.69, 9.17) is 4.74 Å². The van der Waals surface area contributed by atoms with Gasteiger partial charge in [0.05, 0.1) is 12.7 Å². The Morgan fingerprint density at radius 1 is 1.53 bits per heavy atom. The van der Waals surface area contributed by atoms with E-state index in [2.05, 4.69) is 4.74 Å². The summed E-state index contributed by atoms with van der Waals surface area (Å²) in [5.74, 6) is -0.242. The molecule has 1 aliphatic rings. The summed E-state index contributed by atoms with van der Waals surface area (Å²) < 4.78 is 22.7. The van der Waals surface area contributed by atoms with Crippen LogP contribution >= 0.6 is 0 Å². The van der Waals surface area contributed by atoms with E-state index in [1.165, 1.54) is 25.3 Å². The topological polar surface area (TPSA) is 35.5 Å². The smallest absolute Gasteiger partial charge is 0.337 e. The minimum Gasteiger partial charge on any atom is -0.488 e. The molecule has 2 rings (SSSR count). The molecular weight excluding hydrogens is 199 g/mol. The van der Waals surface area contributed by atoms with Gasteiger partial charge in [-0.2, -0.15) is 0 Å². The number of fused-ring (bicyclic) bond motifs is 1. The molecular formula is C11H9FO3. The maximum absolute atomic E-state index is 12.9. The van der Waals surface area contributed by atoms with Crippen molar-refractivity contribution in [1.29, 1.82) is 0 Å². The zero-order valence-corrected chi connectivity index (χ0v) is 8.12. The van der Waals surface area contributed by atoms with Crippen LogP contribution in [0.25, 0.3) is 6.08 Å². The molecule has 4 heteroatoms. The lowest BCUT2D eigenvalue weighted by molar-refractivity contribution is -0.136. The number of hydrogen-bond acceptors (Lipinski definition) is 3. The number of carbonyl (C=O) groups is 1. The molecule has 78 valence electrons. The first kappa shape index (κ1) is 9.71. The van der Waals surface area contributed by atoms with Crippen molar-refractivity contribution >= 4 is 12.0 Å². The number of benzene rings is 1. The Morgan fingerprint density at radius 2 is 2.33 bits per heavy atom. The van der Waals surface area contributed by atoms with Crippen molar-refractivity contribution in [2.45, 2.75) is 0 Å². The highest BCUT2D eigenvalue weighted by atomic mass is 19.1. The fraction of sp³-hybridized carbons (Fsp3) is 0.182. The number of rotatable bonds is 1. The summed E-state index contributed by atoms with van der Waals surface area (Å²) in [6.45, 7) is 0.158. The first-order chi connectivity index (χ1) is 7.20. The van der Waals surface area contributed by atoms with E-state index in [1.807, 2.05) is 0 Å². The molecule has 15 heavy (non-hydrogen) atoms. The van der Waals surface area contributed by atoms with Crippen LogP contribution in [0.15, 0.2) is 23.8 Å². The van der Waals surface area contributed by atoms with E-state index in [1.54, 1.807) is 6.08 Å². The number of hydrogen-bond donors (Lipinski definition) is 0. The molecule has 0 atom stereocenters.